The van der Waals surface area contributed by atoms with Crippen molar-refractivity contribution >= 4 is 23.2 Å². The fourth-order valence-corrected chi connectivity index (χ4v) is 3.13. The van der Waals surface area contributed by atoms with Gasteiger partial charge in [0.05, 0.1) is 19.3 Å². The molecule has 4 N–H and O–H groups in total. The van der Waals surface area contributed by atoms with Gasteiger partial charge in [-0.05, 0) is 38.0 Å². The highest BCUT2D eigenvalue weighted by atomic mass is 16.7. The first-order chi connectivity index (χ1) is 15.5. The van der Waals surface area contributed by atoms with E-state index in [4.69, 9.17) is 15.3 Å². The number of primary amides is 1. The predicted octanol–water partition coefficient (Wildman–Crippen LogP) is 1.35. The Bertz CT molecular complexity index is 1130. The standard InChI is InChI=1S/C20H22N8O4/c1-3-32-28(14-6-4-5-12(17(14)31-2)19-22-10-23-27-19)15-9-13(20(30)24-11-7-8-11)25-26-16(15)18(21)29/h4-6,9-11H,3,7-8H2,1-2H3,(H2,21,29)(H,24,30)(H,22,23,27). The van der Waals surface area contributed by atoms with E-state index in [0.29, 0.717) is 22.8 Å². The van der Waals surface area contributed by atoms with Gasteiger partial charge in [-0.2, -0.15) is 5.10 Å². The van der Waals surface area contributed by atoms with Crippen molar-refractivity contribution in [1.82, 2.24) is 30.7 Å². The molecule has 12 nitrogen and oxygen atoms in total. The summed E-state index contributed by atoms with van der Waals surface area (Å²) in [6, 6.07) is 6.83. The zero-order valence-electron chi connectivity index (χ0n) is 17.5. The highest BCUT2D eigenvalue weighted by molar-refractivity contribution is 6.00. The number of ether oxygens (including phenoxy) is 1. The maximum Gasteiger partial charge on any atom is 0.272 e. The lowest BCUT2D eigenvalue weighted by Gasteiger charge is -2.26. The number of anilines is 2. The van der Waals surface area contributed by atoms with Crippen LogP contribution in [-0.2, 0) is 4.84 Å². The van der Waals surface area contributed by atoms with Gasteiger partial charge >= 0.3 is 0 Å². The first-order valence-corrected chi connectivity index (χ1v) is 9.97. The Balaban J connectivity index is 1.84. The molecule has 1 aliphatic rings. The van der Waals surface area contributed by atoms with E-state index in [9.17, 15) is 9.59 Å². The molecule has 2 amide bonds. The van der Waals surface area contributed by atoms with Gasteiger partial charge in [0, 0.05) is 6.04 Å². The van der Waals surface area contributed by atoms with E-state index in [0.717, 1.165) is 12.8 Å². The molecule has 32 heavy (non-hydrogen) atoms. The predicted molar refractivity (Wildman–Crippen MR) is 113 cm³/mol. The minimum atomic E-state index is -0.822. The molecule has 0 saturated heterocycles. The highest BCUT2D eigenvalue weighted by Gasteiger charge is 2.28. The molecule has 0 aliphatic heterocycles. The summed E-state index contributed by atoms with van der Waals surface area (Å²) in [5.74, 6) is -0.339. The van der Waals surface area contributed by atoms with Crippen LogP contribution in [0.1, 0.15) is 40.7 Å². The van der Waals surface area contributed by atoms with Crippen molar-refractivity contribution in [3.63, 3.8) is 0 Å². The van der Waals surface area contributed by atoms with Crippen LogP contribution in [0.5, 0.6) is 5.75 Å². The average molecular weight is 438 g/mol. The molecule has 166 valence electrons. The van der Waals surface area contributed by atoms with Crippen LogP contribution in [0.4, 0.5) is 11.4 Å². The smallest absolute Gasteiger partial charge is 0.272 e. The summed E-state index contributed by atoms with van der Waals surface area (Å²) in [6.07, 6.45) is 3.22. The third-order valence-electron chi connectivity index (χ3n) is 4.72. The molecule has 1 saturated carbocycles. The SMILES string of the molecule is CCON(c1cc(C(=O)NC2CC2)nnc1C(N)=O)c1cccc(-c2ncn[nH]2)c1OC. The van der Waals surface area contributed by atoms with E-state index in [1.165, 1.54) is 24.6 Å². The van der Waals surface area contributed by atoms with Gasteiger partial charge in [0.25, 0.3) is 11.8 Å². The molecule has 0 atom stereocenters. The highest BCUT2D eigenvalue weighted by Crippen LogP contribution is 2.41. The molecule has 0 spiro atoms. The zero-order chi connectivity index (χ0) is 22.7. The van der Waals surface area contributed by atoms with Crippen molar-refractivity contribution in [2.75, 3.05) is 18.8 Å². The number of methoxy groups -OCH3 is 1. The molecular weight excluding hydrogens is 416 g/mol. The van der Waals surface area contributed by atoms with Crippen molar-refractivity contribution in [2.45, 2.75) is 25.8 Å². The second-order valence-corrected chi connectivity index (χ2v) is 6.98. The molecule has 12 heteroatoms. The van der Waals surface area contributed by atoms with Crippen molar-refractivity contribution in [1.29, 1.82) is 0 Å². The maximum absolute atomic E-state index is 12.5. The lowest BCUT2D eigenvalue weighted by atomic mass is 10.1. The third kappa shape index (κ3) is 4.21. The lowest BCUT2D eigenvalue weighted by molar-refractivity contribution is 0.0939. The van der Waals surface area contributed by atoms with Gasteiger partial charge in [-0.25, -0.2) is 10.0 Å². The summed E-state index contributed by atoms with van der Waals surface area (Å²) in [5, 5.41) is 18.7. The van der Waals surface area contributed by atoms with Crippen LogP contribution in [0.2, 0.25) is 0 Å². The van der Waals surface area contributed by atoms with E-state index in [1.54, 1.807) is 25.1 Å². The van der Waals surface area contributed by atoms with Crippen LogP contribution in [0.3, 0.4) is 0 Å². The van der Waals surface area contributed by atoms with Crippen molar-refractivity contribution in [2.24, 2.45) is 5.73 Å². The molecule has 0 bridgehead atoms. The quantitative estimate of drug-likeness (QED) is 0.419. The van der Waals surface area contributed by atoms with E-state index in [2.05, 4.69) is 30.7 Å². The summed E-state index contributed by atoms with van der Waals surface area (Å²) in [7, 11) is 1.50. The number of rotatable bonds is 9. The Hall–Kier alpha value is -4.06. The van der Waals surface area contributed by atoms with E-state index in [-0.39, 0.29) is 29.7 Å². The van der Waals surface area contributed by atoms with Crippen LogP contribution in [0, 0.1) is 0 Å². The molecule has 1 fully saturated rings. The fourth-order valence-electron chi connectivity index (χ4n) is 3.13. The Morgan fingerprint density at radius 1 is 1.28 bits per heavy atom. The Morgan fingerprint density at radius 3 is 2.72 bits per heavy atom. The summed E-state index contributed by atoms with van der Waals surface area (Å²) in [5.41, 5.74) is 6.62. The maximum atomic E-state index is 12.5. The molecular formula is C20H22N8O4. The summed E-state index contributed by atoms with van der Waals surface area (Å²) in [4.78, 5) is 34.7. The third-order valence-corrected chi connectivity index (χ3v) is 4.72. The van der Waals surface area contributed by atoms with E-state index >= 15 is 0 Å². The fraction of sp³-hybridized carbons (Fsp3) is 0.300. The van der Waals surface area contributed by atoms with Crippen LogP contribution < -0.4 is 20.9 Å². The molecule has 0 radical (unpaired) electrons. The van der Waals surface area contributed by atoms with Gasteiger partial charge in [0.2, 0.25) is 0 Å². The first-order valence-electron chi connectivity index (χ1n) is 9.97. The Labute approximate surface area is 183 Å². The average Bonchev–Trinajstić information content (AvgIpc) is 3.44. The molecule has 1 aromatic carbocycles. The van der Waals surface area contributed by atoms with Crippen molar-refractivity contribution in [3.8, 4) is 17.1 Å². The number of para-hydroxylation sites is 1. The van der Waals surface area contributed by atoms with Crippen molar-refractivity contribution in [3.05, 3.63) is 42.0 Å². The lowest BCUT2D eigenvalue weighted by Crippen LogP contribution is -2.29. The molecule has 2 aromatic heterocycles. The summed E-state index contributed by atoms with van der Waals surface area (Å²) in [6.45, 7) is 2.01. The largest absolute Gasteiger partial charge is 0.494 e. The number of nitrogens with one attached hydrogen (secondary N) is 2. The molecule has 2 heterocycles. The van der Waals surface area contributed by atoms with Gasteiger partial charge < -0.3 is 15.8 Å². The number of nitrogens with two attached hydrogens (primary N) is 1. The van der Waals surface area contributed by atoms with Gasteiger partial charge in [0.15, 0.2) is 23.0 Å². The number of amides is 2. The number of aromatic amines is 1. The van der Waals surface area contributed by atoms with Gasteiger partial charge in [-0.3, -0.25) is 19.5 Å². The van der Waals surface area contributed by atoms with Crippen molar-refractivity contribution < 1.29 is 19.2 Å². The number of aromatic nitrogens is 5. The number of H-pyrrole nitrogens is 1. The summed E-state index contributed by atoms with van der Waals surface area (Å²) < 4.78 is 5.65. The first kappa shape index (κ1) is 21.2. The van der Waals surface area contributed by atoms with Crippen LogP contribution in [0.25, 0.3) is 11.4 Å². The second-order valence-electron chi connectivity index (χ2n) is 6.98. The second kappa shape index (κ2) is 8.98. The van der Waals surface area contributed by atoms with Gasteiger partial charge in [0.1, 0.15) is 17.7 Å². The minimum absolute atomic E-state index is 0.0342. The van der Waals surface area contributed by atoms with Gasteiger partial charge in [-0.15, -0.1) is 10.2 Å². The topological polar surface area (TPSA) is 161 Å². The number of hydrogen-bond donors (Lipinski definition) is 3. The van der Waals surface area contributed by atoms with Crippen LogP contribution >= 0.6 is 0 Å². The molecule has 1 aliphatic carbocycles. The number of carbonyl (C=O) groups is 2. The number of carbonyl (C=O) groups excluding carboxylic acids is 2. The van der Waals surface area contributed by atoms with Crippen LogP contribution in [0.15, 0.2) is 30.6 Å². The van der Waals surface area contributed by atoms with Crippen LogP contribution in [-0.4, -0.2) is 57.0 Å². The molecule has 4 rings (SSSR count). The number of nitrogens with zero attached hydrogens (tertiary/aromatic N) is 5. The minimum Gasteiger partial charge on any atom is -0.494 e. The van der Waals surface area contributed by atoms with E-state index in [1.807, 2.05) is 0 Å². The Kier molecular flexibility index (Phi) is 5.94. The zero-order valence-corrected chi connectivity index (χ0v) is 17.5. The monoisotopic (exact) mass is 438 g/mol. The Morgan fingerprint density at radius 2 is 2.09 bits per heavy atom. The molecule has 3 aromatic rings. The molecule has 0 unspecified atom stereocenters. The number of benzene rings is 1. The van der Waals surface area contributed by atoms with E-state index < -0.39 is 11.8 Å². The summed E-state index contributed by atoms with van der Waals surface area (Å²) >= 11 is 0. The normalized spacial score (nSPS) is 12.9. The number of hydrogen-bond acceptors (Lipinski definition) is 9. The van der Waals surface area contributed by atoms with Gasteiger partial charge in [-0.1, -0.05) is 6.07 Å².